The highest BCUT2D eigenvalue weighted by Crippen LogP contribution is 2.54. The summed E-state index contributed by atoms with van der Waals surface area (Å²) in [6, 6.07) is 9.88. The van der Waals surface area contributed by atoms with E-state index >= 15 is 0 Å². The molecule has 2 aliphatic heterocycles. The van der Waals surface area contributed by atoms with Crippen LogP contribution in [-0.2, 0) is 11.2 Å². The van der Waals surface area contributed by atoms with E-state index in [1.807, 2.05) is 18.2 Å². The first-order valence-electron chi connectivity index (χ1n) is 11.3. The Hall–Kier alpha value is -3.69. The van der Waals surface area contributed by atoms with Gasteiger partial charge in [-0.1, -0.05) is 23.2 Å². The van der Waals surface area contributed by atoms with Crippen LogP contribution in [0.1, 0.15) is 23.5 Å². The Morgan fingerprint density at radius 3 is 2.83 bits per heavy atom. The van der Waals surface area contributed by atoms with E-state index in [1.54, 1.807) is 18.3 Å². The van der Waals surface area contributed by atoms with Crippen molar-refractivity contribution in [2.75, 3.05) is 17.7 Å². The Morgan fingerprint density at radius 1 is 1.14 bits per heavy atom. The van der Waals surface area contributed by atoms with Crippen LogP contribution in [0.25, 0.3) is 0 Å². The highest BCUT2D eigenvalue weighted by atomic mass is 35.5. The number of carbonyl (C=O) groups is 2. The molecule has 184 valence electrons. The van der Waals surface area contributed by atoms with E-state index in [0.29, 0.717) is 51.6 Å². The molecule has 0 spiro atoms. The molecule has 1 saturated carbocycles. The zero-order valence-electron chi connectivity index (χ0n) is 18.9. The second-order valence-corrected chi connectivity index (χ2v) is 9.50. The summed E-state index contributed by atoms with van der Waals surface area (Å²) in [6.45, 7) is 0. The zero-order chi connectivity index (χ0) is 25.0. The van der Waals surface area contributed by atoms with E-state index in [9.17, 15) is 9.59 Å². The maximum absolute atomic E-state index is 12.6. The molecule has 3 amide bonds. The summed E-state index contributed by atoms with van der Waals surface area (Å²) >= 11 is 12.3. The van der Waals surface area contributed by atoms with Crippen LogP contribution in [0.2, 0.25) is 10.0 Å². The molecule has 3 heterocycles. The Morgan fingerprint density at radius 2 is 2.00 bits per heavy atom. The van der Waals surface area contributed by atoms with Gasteiger partial charge in [-0.25, -0.2) is 9.78 Å². The number of benzene rings is 2. The number of rotatable bonds is 5. The fourth-order valence-corrected chi connectivity index (χ4v) is 5.15. The number of aromatic nitrogens is 1. The Balaban J connectivity index is 1.14. The van der Waals surface area contributed by atoms with Gasteiger partial charge in [0.25, 0.3) is 0 Å². The normalized spacial score (nSPS) is 20.8. The van der Waals surface area contributed by atoms with E-state index in [1.165, 1.54) is 13.2 Å². The third-order valence-electron chi connectivity index (χ3n) is 6.45. The number of carbonyl (C=O) groups excluding carboxylic acids is 2. The summed E-state index contributed by atoms with van der Waals surface area (Å²) in [5, 5.41) is 9.11. The SMILES string of the molecule is COc1cc(NC(=O)NC2C3Oc4ccc(Oc5ccnc6c5CCC(=O)N6)cc4C23)c(Cl)cc1Cl. The maximum Gasteiger partial charge on any atom is 0.319 e. The molecule has 0 saturated heterocycles. The van der Waals surface area contributed by atoms with Crippen LogP contribution in [0, 0.1) is 0 Å². The summed E-state index contributed by atoms with van der Waals surface area (Å²) < 4.78 is 17.4. The molecule has 1 aromatic heterocycles. The quantitative estimate of drug-likeness (QED) is 0.425. The molecule has 3 atom stereocenters. The first-order valence-corrected chi connectivity index (χ1v) is 12.0. The number of nitrogens with one attached hydrogen (secondary N) is 3. The number of anilines is 2. The molecule has 1 aliphatic carbocycles. The van der Waals surface area contributed by atoms with Gasteiger partial charge in [-0.15, -0.1) is 0 Å². The van der Waals surface area contributed by atoms with Crippen molar-refractivity contribution in [2.24, 2.45) is 0 Å². The predicted octanol–water partition coefficient (Wildman–Crippen LogP) is 5.12. The lowest BCUT2D eigenvalue weighted by molar-refractivity contribution is -0.116. The number of hydrogen-bond acceptors (Lipinski definition) is 6. The Labute approximate surface area is 216 Å². The fraction of sp³-hybridized carbons (Fsp3) is 0.240. The molecule has 1 fully saturated rings. The van der Waals surface area contributed by atoms with Gasteiger partial charge in [0.05, 0.1) is 34.8 Å². The van der Waals surface area contributed by atoms with Crippen molar-refractivity contribution >= 4 is 46.6 Å². The number of fused-ring (bicyclic) bond motifs is 4. The number of ether oxygens (including phenoxy) is 3. The predicted molar refractivity (Wildman–Crippen MR) is 134 cm³/mol. The van der Waals surface area contributed by atoms with Crippen LogP contribution >= 0.6 is 23.2 Å². The molecule has 9 nitrogen and oxygen atoms in total. The molecular weight excluding hydrogens is 507 g/mol. The summed E-state index contributed by atoms with van der Waals surface area (Å²) in [5.74, 6) is 2.95. The van der Waals surface area contributed by atoms with E-state index in [-0.39, 0.29) is 24.0 Å². The average Bonchev–Trinajstić information content (AvgIpc) is 3.36. The second-order valence-electron chi connectivity index (χ2n) is 8.69. The molecule has 0 bridgehead atoms. The molecule has 3 aliphatic rings. The number of halogens is 2. The third kappa shape index (κ3) is 4.04. The van der Waals surface area contributed by atoms with Crippen molar-refractivity contribution in [1.82, 2.24) is 10.3 Å². The summed E-state index contributed by atoms with van der Waals surface area (Å²) in [4.78, 5) is 28.5. The van der Waals surface area contributed by atoms with Gasteiger partial charge in [-0.05, 0) is 36.8 Å². The van der Waals surface area contributed by atoms with Gasteiger partial charge >= 0.3 is 6.03 Å². The number of amides is 3. The van der Waals surface area contributed by atoms with E-state index < -0.39 is 6.03 Å². The summed E-state index contributed by atoms with van der Waals surface area (Å²) in [7, 11) is 1.48. The smallest absolute Gasteiger partial charge is 0.319 e. The van der Waals surface area contributed by atoms with Crippen LogP contribution in [0.4, 0.5) is 16.3 Å². The van der Waals surface area contributed by atoms with E-state index in [2.05, 4.69) is 20.9 Å². The highest BCUT2D eigenvalue weighted by molar-refractivity contribution is 6.37. The molecule has 3 N–H and O–H groups in total. The largest absolute Gasteiger partial charge is 0.495 e. The first kappa shape index (κ1) is 22.8. The van der Waals surface area contributed by atoms with Gasteiger partial charge in [0.2, 0.25) is 5.91 Å². The lowest BCUT2D eigenvalue weighted by atomic mass is 10.1. The molecule has 3 aromatic rings. The van der Waals surface area contributed by atoms with Crippen LogP contribution < -0.4 is 30.2 Å². The lowest BCUT2D eigenvalue weighted by Gasteiger charge is -2.19. The Bertz CT molecular complexity index is 1420. The summed E-state index contributed by atoms with van der Waals surface area (Å²) in [5.41, 5.74) is 2.21. The minimum Gasteiger partial charge on any atom is -0.495 e. The molecular formula is C25H20Cl2N4O5. The van der Waals surface area contributed by atoms with E-state index in [4.69, 9.17) is 37.4 Å². The van der Waals surface area contributed by atoms with Crippen molar-refractivity contribution in [3.63, 3.8) is 0 Å². The van der Waals surface area contributed by atoms with Crippen LogP contribution in [0.15, 0.2) is 42.6 Å². The number of hydrogen-bond donors (Lipinski definition) is 3. The van der Waals surface area contributed by atoms with Crippen molar-refractivity contribution < 1.29 is 23.8 Å². The van der Waals surface area contributed by atoms with Gasteiger partial charge in [0.1, 0.15) is 34.9 Å². The van der Waals surface area contributed by atoms with Gasteiger partial charge in [-0.3, -0.25) is 4.79 Å². The molecule has 36 heavy (non-hydrogen) atoms. The van der Waals surface area contributed by atoms with Crippen LogP contribution in [0.5, 0.6) is 23.0 Å². The number of urea groups is 1. The van der Waals surface area contributed by atoms with Crippen LogP contribution in [-0.4, -0.2) is 36.2 Å². The lowest BCUT2D eigenvalue weighted by Crippen LogP contribution is -2.34. The van der Waals surface area contributed by atoms with Crippen molar-refractivity contribution in [2.45, 2.75) is 30.9 Å². The number of nitrogens with zero attached hydrogens (tertiary/aromatic N) is 1. The summed E-state index contributed by atoms with van der Waals surface area (Å²) in [6.07, 6.45) is 2.41. The van der Waals surface area contributed by atoms with E-state index in [0.717, 1.165) is 16.9 Å². The molecule has 2 aromatic carbocycles. The van der Waals surface area contributed by atoms with Crippen molar-refractivity contribution in [3.8, 4) is 23.0 Å². The minimum absolute atomic E-state index is 0.00942. The van der Waals surface area contributed by atoms with Gasteiger partial charge in [-0.2, -0.15) is 0 Å². The minimum atomic E-state index is -0.413. The molecule has 11 heteroatoms. The average molecular weight is 527 g/mol. The maximum atomic E-state index is 12.6. The standard InChI is InChI=1S/C25H20Cl2N4O5/c1-34-19-10-16(14(26)9-15(19)27)29-25(33)31-22-21-13-8-11(2-4-17(13)36-23(21)22)35-18-6-7-28-24-12(18)3-5-20(32)30-24/h2,4,6-10,21-23H,3,5H2,1H3,(H,28,30,32)(H2,29,31,33). The monoisotopic (exact) mass is 526 g/mol. The second kappa shape index (κ2) is 8.76. The molecule has 3 unspecified atom stereocenters. The first-order chi connectivity index (χ1) is 17.4. The van der Waals surface area contributed by atoms with Gasteiger partial charge < -0.3 is 30.2 Å². The Kier molecular flexibility index (Phi) is 5.54. The number of methoxy groups -OCH3 is 1. The molecule has 6 rings (SSSR count). The topological polar surface area (TPSA) is 111 Å². The van der Waals surface area contributed by atoms with Crippen molar-refractivity contribution in [3.05, 3.63) is 63.8 Å². The van der Waals surface area contributed by atoms with Gasteiger partial charge in [0, 0.05) is 29.8 Å². The van der Waals surface area contributed by atoms with Crippen LogP contribution in [0.3, 0.4) is 0 Å². The highest BCUT2D eigenvalue weighted by Gasteiger charge is 2.59. The van der Waals surface area contributed by atoms with Crippen molar-refractivity contribution in [1.29, 1.82) is 0 Å². The fourth-order valence-electron chi connectivity index (χ4n) is 4.65. The third-order valence-corrected chi connectivity index (χ3v) is 7.05. The van der Waals surface area contributed by atoms with Gasteiger partial charge in [0.15, 0.2) is 0 Å². The zero-order valence-corrected chi connectivity index (χ0v) is 20.4. The molecule has 0 radical (unpaired) electrons. The number of pyridine rings is 1.